The quantitative estimate of drug-likeness (QED) is 0.648. The molecule has 0 radical (unpaired) electrons. The summed E-state index contributed by atoms with van der Waals surface area (Å²) in [4.78, 5) is 12.6. The number of nitrogens with two attached hydrogens (primary N) is 1. The van der Waals surface area contributed by atoms with E-state index in [1.54, 1.807) is 0 Å². The average molecular weight is 284 g/mol. The number of rotatable bonds is 2. The number of hydrogen-bond donors (Lipinski definition) is 2. The van der Waals surface area contributed by atoms with Gasteiger partial charge < -0.3 is 11.1 Å². The van der Waals surface area contributed by atoms with E-state index >= 15 is 0 Å². The Kier molecular flexibility index (Phi) is 5.83. The summed E-state index contributed by atoms with van der Waals surface area (Å²) in [5.41, 5.74) is 7.92. The van der Waals surface area contributed by atoms with Gasteiger partial charge >= 0.3 is 0 Å². The molecule has 1 fully saturated rings. The van der Waals surface area contributed by atoms with E-state index in [0.29, 0.717) is 18.2 Å². The van der Waals surface area contributed by atoms with Crippen molar-refractivity contribution in [2.75, 3.05) is 6.54 Å². The van der Waals surface area contributed by atoms with Gasteiger partial charge in [-0.2, -0.15) is 0 Å². The molecular formula is C18H24N2O. The van der Waals surface area contributed by atoms with Crippen LogP contribution < -0.4 is 11.1 Å². The van der Waals surface area contributed by atoms with Gasteiger partial charge in [0, 0.05) is 11.6 Å². The van der Waals surface area contributed by atoms with Crippen LogP contribution in [0.2, 0.25) is 0 Å². The summed E-state index contributed by atoms with van der Waals surface area (Å²) in [6.45, 7) is 2.29. The minimum Gasteiger partial charge on any atom is -0.349 e. The maximum Gasteiger partial charge on any atom is 0.252 e. The fourth-order valence-corrected chi connectivity index (χ4v) is 2.79. The number of nitrogens with one attached hydrogen (secondary N) is 1. The minimum absolute atomic E-state index is 0.00748. The summed E-state index contributed by atoms with van der Waals surface area (Å²) >= 11 is 0. The highest BCUT2D eigenvalue weighted by Gasteiger charge is 2.17. The van der Waals surface area contributed by atoms with Crippen LogP contribution >= 0.6 is 0 Å². The predicted molar refractivity (Wildman–Crippen MR) is 86.1 cm³/mol. The van der Waals surface area contributed by atoms with E-state index < -0.39 is 0 Å². The number of amides is 1. The fraction of sp³-hybridized carbons (Fsp3) is 0.500. The molecule has 1 amide bonds. The molecule has 2 rings (SSSR count). The smallest absolute Gasteiger partial charge is 0.252 e. The van der Waals surface area contributed by atoms with Crippen LogP contribution in [0.5, 0.6) is 0 Å². The van der Waals surface area contributed by atoms with Gasteiger partial charge in [-0.15, -0.1) is 0 Å². The molecule has 1 aliphatic carbocycles. The van der Waals surface area contributed by atoms with Gasteiger partial charge in [0.1, 0.15) is 0 Å². The molecule has 1 aromatic carbocycles. The zero-order valence-corrected chi connectivity index (χ0v) is 12.7. The summed E-state index contributed by atoms with van der Waals surface area (Å²) in [6.07, 6.45) is 7.15. The van der Waals surface area contributed by atoms with Gasteiger partial charge in [0.15, 0.2) is 0 Å². The van der Waals surface area contributed by atoms with E-state index in [2.05, 4.69) is 17.2 Å². The molecule has 1 aromatic rings. The number of aryl methyl sites for hydroxylation is 1. The highest BCUT2D eigenvalue weighted by Crippen LogP contribution is 2.18. The normalized spacial score (nSPS) is 15.7. The molecule has 0 aliphatic heterocycles. The Morgan fingerprint density at radius 3 is 2.67 bits per heavy atom. The molecule has 0 bridgehead atoms. The van der Waals surface area contributed by atoms with E-state index in [4.69, 9.17) is 5.73 Å². The molecule has 0 unspecified atom stereocenters. The van der Waals surface area contributed by atoms with Crippen molar-refractivity contribution in [1.82, 2.24) is 5.32 Å². The molecule has 0 atom stereocenters. The van der Waals surface area contributed by atoms with Gasteiger partial charge in [-0.25, -0.2) is 0 Å². The lowest BCUT2D eigenvalue weighted by molar-refractivity contribution is 0.0933. The van der Waals surface area contributed by atoms with Crippen LogP contribution in [0.15, 0.2) is 18.2 Å². The van der Waals surface area contributed by atoms with Gasteiger partial charge in [0.2, 0.25) is 0 Å². The molecule has 21 heavy (non-hydrogen) atoms. The third kappa shape index (κ3) is 4.61. The van der Waals surface area contributed by atoms with Crippen molar-refractivity contribution in [2.45, 2.75) is 51.5 Å². The molecule has 112 valence electrons. The fourth-order valence-electron chi connectivity index (χ4n) is 2.79. The third-order valence-corrected chi connectivity index (χ3v) is 3.94. The summed E-state index contributed by atoms with van der Waals surface area (Å²) in [7, 11) is 0. The molecule has 0 heterocycles. The first kappa shape index (κ1) is 15.6. The Morgan fingerprint density at radius 1 is 1.29 bits per heavy atom. The first-order valence-corrected chi connectivity index (χ1v) is 7.81. The van der Waals surface area contributed by atoms with Gasteiger partial charge in [-0.1, -0.05) is 49.2 Å². The van der Waals surface area contributed by atoms with Crippen molar-refractivity contribution in [3.8, 4) is 11.8 Å². The molecule has 1 aliphatic rings. The van der Waals surface area contributed by atoms with Crippen LogP contribution in [0.3, 0.4) is 0 Å². The van der Waals surface area contributed by atoms with Crippen LogP contribution in [0.4, 0.5) is 0 Å². The molecule has 3 N–H and O–H groups in total. The van der Waals surface area contributed by atoms with Crippen molar-refractivity contribution in [3.05, 3.63) is 34.9 Å². The molecule has 0 aromatic heterocycles. The lowest BCUT2D eigenvalue weighted by Gasteiger charge is -2.17. The average Bonchev–Trinajstić information content (AvgIpc) is 2.74. The number of hydrogen-bond acceptors (Lipinski definition) is 2. The second-order valence-electron chi connectivity index (χ2n) is 5.72. The van der Waals surface area contributed by atoms with E-state index in [0.717, 1.165) is 24.0 Å². The van der Waals surface area contributed by atoms with Crippen LogP contribution in [0.1, 0.15) is 60.0 Å². The van der Waals surface area contributed by atoms with Crippen LogP contribution in [-0.2, 0) is 0 Å². The van der Waals surface area contributed by atoms with Crippen molar-refractivity contribution in [3.63, 3.8) is 0 Å². The second kappa shape index (κ2) is 7.85. The van der Waals surface area contributed by atoms with Gasteiger partial charge in [0.25, 0.3) is 5.91 Å². The highest BCUT2D eigenvalue weighted by molar-refractivity contribution is 5.97. The van der Waals surface area contributed by atoms with Gasteiger partial charge in [-0.3, -0.25) is 4.79 Å². The topological polar surface area (TPSA) is 55.1 Å². The molecule has 3 heteroatoms. The van der Waals surface area contributed by atoms with Gasteiger partial charge in [-0.05, 0) is 31.9 Å². The largest absolute Gasteiger partial charge is 0.349 e. The summed E-state index contributed by atoms with van der Waals surface area (Å²) in [5, 5.41) is 3.18. The maximum atomic E-state index is 12.6. The zero-order valence-electron chi connectivity index (χ0n) is 12.7. The minimum atomic E-state index is -0.00748. The third-order valence-electron chi connectivity index (χ3n) is 3.94. The SMILES string of the molecule is Cc1ccc(C#CCN)c(C(=O)NC2CCCCCC2)c1. The van der Waals surface area contributed by atoms with E-state index in [-0.39, 0.29) is 5.91 Å². The van der Waals surface area contributed by atoms with Crippen molar-refractivity contribution < 1.29 is 4.79 Å². The van der Waals surface area contributed by atoms with E-state index in [1.165, 1.54) is 25.7 Å². The maximum absolute atomic E-state index is 12.6. The Bertz CT molecular complexity index is 546. The van der Waals surface area contributed by atoms with Crippen LogP contribution in [0, 0.1) is 18.8 Å². The lowest BCUT2D eigenvalue weighted by Crippen LogP contribution is -2.34. The van der Waals surface area contributed by atoms with Crippen LogP contribution in [0.25, 0.3) is 0 Å². The van der Waals surface area contributed by atoms with E-state index in [9.17, 15) is 4.79 Å². The molecule has 0 spiro atoms. The highest BCUT2D eigenvalue weighted by atomic mass is 16.1. The monoisotopic (exact) mass is 284 g/mol. The predicted octanol–water partition coefficient (Wildman–Crippen LogP) is 2.76. The van der Waals surface area contributed by atoms with Crippen molar-refractivity contribution in [1.29, 1.82) is 0 Å². The van der Waals surface area contributed by atoms with Crippen LogP contribution in [-0.4, -0.2) is 18.5 Å². The second-order valence-corrected chi connectivity index (χ2v) is 5.72. The van der Waals surface area contributed by atoms with Crippen molar-refractivity contribution in [2.24, 2.45) is 5.73 Å². The summed E-state index contributed by atoms with van der Waals surface area (Å²) in [6, 6.07) is 6.09. The number of carbonyl (C=O) groups excluding carboxylic acids is 1. The Morgan fingerprint density at radius 2 is 2.00 bits per heavy atom. The van der Waals surface area contributed by atoms with E-state index in [1.807, 2.05) is 25.1 Å². The standard InChI is InChI=1S/C18H24N2O/c1-14-10-11-15(7-6-12-19)17(13-14)18(21)20-16-8-4-2-3-5-9-16/h10-11,13,16H,2-5,8-9,12,19H2,1H3,(H,20,21). The van der Waals surface area contributed by atoms with Gasteiger partial charge in [0.05, 0.1) is 12.1 Å². The zero-order chi connectivity index (χ0) is 15.1. The lowest BCUT2D eigenvalue weighted by atomic mass is 10.0. The molecule has 1 saturated carbocycles. The van der Waals surface area contributed by atoms with Crippen molar-refractivity contribution >= 4 is 5.91 Å². The Hall–Kier alpha value is -1.79. The molecular weight excluding hydrogens is 260 g/mol. The summed E-state index contributed by atoms with van der Waals surface area (Å²) < 4.78 is 0. The number of benzene rings is 1. The first-order chi connectivity index (χ1) is 10.2. The first-order valence-electron chi connectivity index (χ1n) is 7.81. The molecule has 3 nitrogen and oxygen atoms in total. The Labute approximate surface area is 127 Å². The summed E-state index contributed by atoms with van der Waals surface area (Å²) in [5.74, 6) is 5.82. The molecule has 0 saturated heterocycles. The Balaban J connectivity index is 2.15. The number of carbonyl (C=O) groups is 1.